The van der Waals surface area contributed by atoms with E-state index in [4.69, 9.17) is 5.11 Å². The Morgan fingerprint density at radius 1 is 1.31 bits per heavy atom. The van der Waals surface area contributed by atoms with Gasteiger partial charge in [0.1, 0.15) is 4.83 Å². The highest BCUT2D eigenvalue weighted by atomic mass is 79.9. The van der Waals surface area contributed by atoms with Gasteiger partial charge in [-0.25, -0.2) is 0 Å². The first-order valence-electron chi connectivity index (χ1n) is 4.60. The van der Waals surface area contributed by atoms with Crippen LogP contribution in [0.4, 0.5) is 0 Å². The molecule has 0 aliphatic carbocycles. The minimum atomic E-state index is -0.794. The Labute approximate surface area is 96.3 Å². The summed E-state index contributed by atoms with van der Waals surface area (Å²) in [5.41, 5.74) is 0. The standard InChI is InChI=1S/C9H16Br2O2/c1-2-3-4-5-6-7(10)8(11)9(12)13/h7-8H,2-6H2,1H3,(H,12,13). The van der Waals surface area contributed by atoms with Gasteiger partial charge in [-0.1, -0.05) is 64.5 Å². The third kappa shape index (κ3) is 6.49. The summed E-state index contributed by atoms with van der Waals surface area (Å²) < 4.78 is 0. The van der Waals surface area contributed by atoms with Crippen molar-refractivity contribution in [2.45, 2.75) is 48.7 Å². The van der Waals surface area contributed by atoms with E-state index in [-0.39, 0.29) is 4.83 Å². The Balaban J connectivity index is 3.50. The van der Waals surface area contributed by atoms with Crippen molar-refractivity contribution in [1.82, 2.24) is 0 Å². The van der Waals surface area contributed by atoms with Crippen LogP contribution in [0.2, 0.25) is 0 Å². The van der Waals surface area contributed by atoms with Crippen molar-refractivity contribution < 1.29 is 9.90 Å². The molecule has 13 heavy (non-hydrogen) atoms. The zero-order chi connectivity index (χ0) is 10.3. The first kappa shape index (κ1) is 13.4. The van der Waals surface area contributed by atoms with Gasteiger partial charge in [0.25, 0.3) is 0 Å². The lowest BCUT2D eigenvalue weighted by Crippen LogP contribution is -2.23. The SMILES string of the molecule is CCCCCCC(Br)C(Br)C(=O)O. The zero-order valence-corrected chi connectivity index (χ0v) is 11.0. The number of unbranched alkanes of at least 4 members (excludes halogenated alkanes) is 3. The fraction of sp³-hybridized carbons (Fsp3) is 0.889. The second-order valence-electron chi connectivity index (χ2n) is 3.11. The van der Waals surface area contributed by atoms with Crippen LogP contribution in [0, 0.1) is 0 Å². The lowest BCUT2D eigenvalue weighted by molar-refractivity contribution is -0.136. The molecule has 78 valence electrons. The number of halogens is 2. The van der Waals surface area contributed by atoms with Crippen LogP contribution < -0.4 is 0 Å². The molecule has 0 radical (unpaired) electrons. The van der Waals surface area contributed by atoms with Crippen LogP contribution >= 0.6 is 31.9 Å². The van der Waals surface area contributed by atoms with E-state index in [1.165, 1.54) is 19.3 Å². The van der Waals surface area contributed by atoms with Crippen LogP contribution in [0.25, 0.3) is 0 Å². The molecule has 4 heteroatoms. The largest absolute Gasteiger partial charge is 0.480 e. The maximum Gasteiger partial charge on any atom is 0.318 e. The number of carboxylic acids is 1. The Morgan fingerprint density at radius 3 is 2.38 bits per heavy atom. The molecule has 2 unspecified atom stereocenters. The fourth-order valence-electron chi connectivity index (χ4n) is 1.07. The predicted molar refractivity (Wildman–Crippen MR) is 61.8 cm³/mol. The van der Waals surface area contributed by atoms with E-state index in [9.17, 15) is 4.79 Å². The van der Waals surface area contributed by atoms with Gasteiger partial charge in [0.15, 0.2) is 0 Å². The highest BCUT2D eigenvalue weighted by molar-refractivity contribution is 9.12. The highest BCUT2D eigenvalue weighted by Gasteiger charge is 2.21. The monoisotopic (exact) mass is 314 g/mol. The molecule has 0 saturated heterocycles. The molecule has 0 aromatic heterocycles. The summed E-state index contributed by atoms with van der Waals surface area (Å²) in [5, 5.41) is 8.68. The lowest BCUT2D eigenvalue weighted by Gasteiger charge is -2.11. The average Bonchev–Trinajstić information content (AvgIpc) is 2.10. The summed E-state index contributed by atoms with van der Waals surface area (Å²) in [4.78, 5) is 10.1. The van der Waals surface area contributed by atoms with Gasteiger partial charge in [-0.05, 0) is 6.42 Å². The number of aliphatic carboxylic acids is 1. The first-order chi connectivity index (χ1) is 6.09. The van der Waals surface area contributed by atoms with Gasteiger partial charge < -0.3 is 5.11 Å². The molecule has 0 rings (SSSR count). The summed E-state index contributed by atoms with van der Waals surface area (Å²) in [6.45, 7) is 2.16. The van der Waals surface area contributed by atoms with Gasteiger partial charge in [0.2, 0.25) is 0 Å². The summed E-state index contributed by atoms with van der Waals surface area (Å²) in [6.07, 6.45) is 5.66. The molecule has 0 bridgehead atoms. The second kappa shape index (κ2) is 7.80. The Morgan fingerprint density at radius 2 is 1.92 bits per heavy atom. The zero-order valence-electron chi connectivity index (χ0n) is 7.80. The third-order valence-corrected chi connectivity index (χ3v) is 4.61. The second-order valence-corrected chi connectivity index (χ2v) is 5.27. The van der Waals surface area contributed by atoms with Gasteiger partial charge in [0, 0.05) is 4.83 Å². The smallest absolute Gasteiger partial charge is 0.318 e. The number of hydrogen-bond acceptors (Lipinski definition) is 1. The Kier molecular flexibility index (Phi) is 8.06. The van der Waals surface area contributed by atoms with Crippen molar-refractivity contribution in [3.05, 3.63) is 0 Å². The van der Waals surface area contributed by atoms with Gasteiger partial charge in [-0.2, -0.15) is 0 Å². The summed E-state index contributed by atoms with van der Waals surface area (Å²) in [7, 11) is 0. The molecular formula is C9H16Br2O2. The molecule has 2 atom stereocenters. The van der Waals surface area contributed by atoms with Crippen molar-refractivity contribution in [3.8, 4) is 0 Å². The summed E-state index contributed by atoms with van der Waals surface area (Å²) in [5.74, 6) is -0.794. The van der Waals surface area contributed by atoms with E-state index < -0.39 is 10.8 Å². The number of rotatable bonds is 7. The number of carbonyl (C=O) groups is 1. The van der Waals surface area contributed by atoms with Crippen molar-refractivity contribution in [3.63, 3.8) is 0 Å². The Hall–Kier alpha value is 0.430. The van der Waals surface area contributed by atoms with Gasteiger partial charge in [-0.15, -0.1) is 0 Å². The van der Waals surface area contributed by atoms with Gasteiger partial charge >= 0.3 is 5.97 Å². The maximum atomic E-state index is 10.6. The Bertz CT molecular complexity index is 151. The van der Waals surface area contributed by atoms with E-state index in [2.05, 4.69) is 38.8 Å². The number of carboxylic acid groups (broad SMARTS) is 1. The van der Waals surface area contributed by atoms with Gasteiger partial charge in [-0.3, -0.25) is 4.79 Å². The molecule has 0 spiro atoms. The summed E-state index contributed by atoms with van der Waals surface area (Å²) in [6, 6.07) is 0. The normalized spacial score (nSPS) is 15.3. The minimum Gasteiger partial charge on any atom is -0.480 e. The van der Waals surface area contributed by atoms with Crippen molar-refractivity contribution in [1.29, 1.82) is 0 Å². The van der Waals surface area contributed by atoms with E-state index >= 15 is 0 Å². The van der Waals surface area contributed by atoms with Crippen LogP contribution in [0.5, 0.6) is 0 Å². The number of alkyl halides is 2. The minimum absolute atomic E-state index is 0.0434. The third-order valence-electron chi connectivity index (χ3n) is 1.89. The highest BCUT2D eigenvalue weighted by Crippen LogP contribution is 2.20. The van der Waals surface area contributed by atoms with Crippen LogP contribution in [-0.2, 0) is 4.79 Å². The maximum absolute atomic E-state index is 10.6. The molecule has 0 aromatic carbocycles. The summed E-state index contributed by atoms with van der Waals surface area (Å²) >= 11 is 6.50. The molecule has 0 aliphatic rings. The number of hydrogen-bond donors (Lipinski definition) is 1. The average molecular weight is 316 g/mol. The van der Waals surface area contributed by atoms with E-state index in [1.54, 1.807) is 0 Å². The molecule has 0 fully saturated rings. The molecule has 0 aliphatic heterocycles. The molecule has 2 nitrogen and oxygen atoms in total. The topological polar surface area (TPSA) is 37.3 Å². The molecule has 0 amide bonds. The molecule has 0 aromatic rings. The van der Waals surface area contributed by atoms with Gasteiger partial charge in [0.05, 0.1) is 0 Å². The van der Waals surface area contributed by atoms with Crippen LogP contribution in [0.15, 0.2) is 0 Å². The molecule has 1 N–H and O–H groups in total. The predicted octanol–water partition coefficient (Wildman–Crippen LogP) is 3.57. The molecule has 0 heterocycles. The van der Waals surface area contributed by atoms with Crippen LogP contribution in [-0.4, -0.2) is 20.7 Å². The van der Waals surface area contributed by atoms with E-state index in [1.807, 2.05) is 0 Å². The molecule has 0 saturated carbocycles. The van der Waals surface area contributed by atoms with Crippen LogP contribution in [0.1, 0.15) is 39.0 Å². The molecular weight excluding hydrogens is 300 g/mol. The fourth-order valence-corrected chi connectivity index (χ4v) is 1.88. The first-order valence-corrected chi connectivity index (χ1v) is 6.43. The van der Waals surface area contributed by atoms with E-state index in [0.717, 1.165) is 12.8 Å². The van der Waals surface area contributed by atoms with Crippen molar-refractivity contribution >= 4 is 37.8 Å². The van der Waals surface area contributed by atoms with Crippen molar-refractivity contribution in [2.24, 2.45) is 0 Å². The lowest BCUT2D eigenvalue weighted by atomic mass is 10.1. The van der Waals surface area contributed by atoms with E-state index in [0.29, 0.717) is 0 Å². The quantitative estimate of drug-likeness (QED) is 0.576. The van der Waals surface area contributed by atoms with Crippen molar-refractivity contribution in [2.75, 3.05) is 0 Å². The van der Waals surface area contributed by atoms with Crippen LogP contribution in [0.3, 0.4) is 0 Å².